The highest BCUT2D eigenvalue weighted by Crippen LogP contribution is 2.44. The van der Waals surface area contributed by atoms with Crippen molar-refractivity contribution in [3.05, 3.63) is 59.7 Å². The third kappa shape index (κ3) is 6.02. The Morgan fingerprint density at radius 3 is 1.93 bits per heavy atom. The quantitative estimate of drug-likeness (QED) is 0.700. The molecular formula is C20H21NO4S4. The second kappa shape index (κ2) is 11.3. The van der Waals surface area contributed by atoms with Gasteiger partial charge in [-0.25, -0.2) is 9.59 Å². The molecule has 0 saturated carbocycles. The van der Waals surface area contributed by atoms with Crippen LogP contribution in [-0.2, 0) is 49.7 Å². The van der Waals surface area contributed by atoms with Crippen LogP contribution < -0.4 is 5.32 Å². The Bertz CT molecular complexity index is 913. The molecule has 0 unspecified atom stereocenters. The van der Waals surface area contributed by atoms with Gasteiger partial charge in [0.2, 0.25) is 0 Å². The van der Waals surface area contributed by atoms with Crippen LogP contribution in [0.1, 0.15) is 30.9 Å². The molecule has 9 heteroatoms. The minimum atomic E-state index is -1.07. The van der Waals surface area contributed by atoms with Crippen molar-refractivity contribution >= 4 is 52.2 Å². The van der Waals surface area contributed by atoms with Crippen molar-refractivity contribution in [1.29, 1.82) is 0 Å². The zero-order chi connectivity index (χ0) is 21.4. The van der Waals surface area contributed by atoms with E-state index in [-0.39, 0.29) is 18.4 Å². The van der Waals surface area contributed by atoms with Crippen molar-refractivity contribution in [2.75, 3.05) is 6.61 Å². The second-order valence-electron chi connectivity index (χ2n) is 6.67. The number of rotatable bonds is 5. The molecule has 1 aliphatic rings. The van der Waals surface area contributed by atoms with Crippen molar-refractivity contribution in [2.24, 2.45) is 5.92 Å². The normalized spacial score (nSPS) is 12.7. The van der Waals surface area contributed by atoms with Crippen molar-refractivity contribution < 1.29 is 19.4 Å². The molecule has 3 rings (SSSR count). The lowest BCUT2D eigenvalue weighted by atomic mass is 9.98. The Morgan fingerprint density at radius 1 is 1.03 bits per heavy atom. The minimum Gasteiger partial charge on any atom is -0.480 e. The summed E-state index contributed by atoms with van der Waals surface area (Å²) in [4.78, 5) is 23.2. The zero-order valence-corrected chi connectivity index (χ0v) is 19.1. The van der Waals surface area contributed by atoms with Crippen LogP contribution in [0, 0.1) is 5.92 Å². The molecule has 0 aromatic heterocycles. The molecule has 154 valence electrons. The number of hydrogen-bond acceptors (Lipinski definition) is 5. The van der Waals surface area contributed by atoms with Crippen LogP contribution in [0.4, 0.5) is 4.79 Å². The first-order chi connectivity index (χ1) is 13.9. The summed E-state index contributed by atoms with van der Waals surface area (Å²) in [5.41, 5.74) is 4.54. The number of carboxylic acid groups (broad SMARTS) is 1. The summed E-state index contributed by atoms with van der Waals surface area (Å²) in [6.07, 6.45) is -0.706. The fourth-order valence-corrected chi connectivity index (χ4v) is 3.28. The van der Waals surface area contributed by atoms with Gasteiger partial charge < -0.3 is 15.2 Å². The van der Waals surface area contributed by atoms with Gasteiger partial charge in [-0.1, -0.05) is 62.4 Å². The molecule has 0 saturated heterocycles. The van der Waals surface area contributed by atoms with Crippen molar-refractivity contribution in [3.8, 4) is 11.1 Å². The second-order valence-corrected chi connectivity index (χ2v) is 10.2. The number of hydrogen-bond donors (Lipinski definition) is 2. The Labute approximate surface area is 185 Å². The van der Waals surface area contributed by atoms with E-state index in [0.717, 1.165) is 22.3 Å². The van der Waals surface area contributed by atoms with Gasteiger partial charge in [-0.3, -0.25) is 0 Å². The topological polar surface area (TPSA) is 75.6 Å². The van der Waals surface area contributed by atoms with Crippen LogP contribution in [0.5, 0.6) is 0 Å². The van der Waals surface area contributed by atoms with E-state index in [1.807, 2.05) is 36.4 Å². The molecule has 0 aliphatic heterocycles. The lowest BCUT2D eigenvalue weighted by molar-refractivity contribution is -0.140. The van der Waals surface area contributed by atoms with E-state index < -0.39 is 18.1 Å². The first kappa shape index (κ1) is 23.3. The highest BCUT2D eigenvalue weighted by molar-refractivity contribution is 8.51. The van der Waals surface area contributed by atoms with E-state index in [1.165, 1.54) is 17.8 Å². The summed E-state index contributed by atoms with van der Waals surface area (Å²) in [6, 6.07) is 15.2. The molecule has 2 aromatic carbocycles. The number of amides is 1. The van der Waals surface area contributed by atoms with E-state index in [9.17, 15) is 9.59 Å². The maximum Gasteiger partial charge on any atom is 0.407 e. The van der Waals surface area contributed by atoms with E-state index in [4.69, 9.17) is 9.84 Å². The van der Waals surface area contributed by atoms with E-state index in [1.54, 1.807) is 13.8 Å². The van der Waals surface area contributed by atoms with Crippen LogP contribution in [0.2, 0.25) is 0 Å². The van der Waals surface area contributed by atoms with E-state index in [0.29, 0.717) is 0 Å². The predicted molar refractivity (Wildman–Crippen MR) is 124 cm³/mol. The number of aliphatic carboxylic acids is 1. The minimum absolute atomic E-state index is 0.0412. The molecule has 1 aliphatic carbocycles. The third-order valence-corrected chi connectivity index (χ3v) is 6.80. The Kier molecular flexibility index (Phi) is 9.09. The van der Waals surface area contributed by atoms with Gasteiger partial charge in [-0.15, -0.1) is 0 Å². The summed E-state index contributed by atoms with van der Waals surface area (Å²) in [6.45, 7) is 3.65. The Hall–Kier alpha value is -1.94. The molecule has 5 nitrogen and oxygen atoms in total. The Balaban J connectivity index is 0.000000687. The summed E-state index contributed by atoms with van der Waals surface area (Å²) in [5.74, 6) is -1.33. The number of carbonyl (C=O) groups is 2. The monoisotopic (exact) mass is 467 g/mol. The molecule has 0 fully saturated rings. The molecule has 1 amide bonds. The van der Waals surface area contributed by atoms with E-state index in [2.05, 4.69) is 39.8 Å². The molecule has 0 spiro atoms. The number of nitrogens with one attached hydrogen (secondary N) is 1. The van der Waals surface area contributed by atoms with Gasteiger partial charge in [-0.05, 0) is 28.2 Å². The Morgan fingerprint density at radius 2 is 1.52 bits per heavy atom. The van der Waals surface area contributed by atoms with E-state index >= 15 is 0 Å². The van der Waals surface area contributed by atoms with Crippen LogP contribution in [-0.4, -0.2) is 29.8 Å². The SMILES string of the molecule is CC(C)[C@H](NC(=O)OCC1c2ccccc2-c2ccccc21)C(=O)O.S=S=S=S. The zero-order valence-electron chi connectivity index (χ0n) is 15.9. The average molecular weight is 468 g/mol. The lowest BCUT2D eigenvalue weighted by Gasteiger charge is -2.19. The molecule has 2 aromatic rings. The fraction of sp³-hybridized carbons (Fsp3) is 0.300. The molecule has 1 atom stereocenters. The summed E-state index contributed by atoms with van der Waals surface area (Å²) < 4.78 is 5.36. The van der Waals surface area contributed by atoms with Crippen molar-refractivity contribution in [3.63, 3.8) is 0 Å². The largest absolute Gasteiger partial charge is 0.480 e. The van der Waals surface area contributed by atoms with Gasteiger partial charge in [0, 0.05) is 46.1 Å². The number of fused-ring (bicyclic) bond motifs is 3. The van der Waals surface area contributed by atoms with Gasteiger partial charge in [0.25, 0.3) is 0 Å². The first-order valence-electron chi connectivity index (χ1n) is 8.83. The van der Waals surface area contributed by atoms with Gasteiger partial charge in [0.1, 0.15) is 12.6 Å². The maximum absolute atomic E-state index is 12.0. The number of alkyl carbamates (subject to hydrolysis) is 1. The molecule has 0 radical (unpaired) electrons. The number of carboxylic acids is 1. The van der Waals surface area contributed by atoms with Gasteiger partial charge >= 0.3 is 12.1 Å². The van der Waals surface area contributed by atoms with Crippen molar-refractivity contribution in [2.45, 2.75) is 25.8 Å². The van der Waals surface area contributed by atoms with Crippen LogP contribution in [0.3, 0.4) is 0 Å². The highest BCUT2D eigenvalue weighted by Gasteiger charge is 2.30. The van der Waals surface area contributed by atoms with Crippen molar-refractivity contribution in [1.82, 2.24) is 5.32 Å². The fourth-order valence-electron chi connectivity index (χ4n) is 3.28. The average Bonchev–Trinajstić information content (AvgIpc) is 3.04. The van der Waals surface area contributed by atoms with Crippen LogP contribution >= 0.6 is 0 Å². The first-order valence-corrected chi connectivity index (χ1v) is 12.8. The maximum atomic E-state index is 12.0. The van der Waals surface area contributed by atoms with Gasteiger partial charge in [0.05, 0.1) is 0 Å². The molecule has 0 heterocycles. The van der Waals surface area contributed by atoms with Gasteiger partial charge in [-0.2, -0.15) is 0 Å². The molecular weight excluding hydrogens is 446 g/mol. The summed E-state index contributed by atoms with van der Waals surface area (Å²) in [7, 11) is 2.34. The predicted octanol–water partition coefficient (Wildman–Crippen LogP) is 3.62. The smallest absolute Gasteiger partial charge is 0.407 e. The summed E-state index contributed by atoms with van der Waals surface area (Å²) in [5, 5.41) is 11.6. The third-order valence-electron chi connectivity index (χ3n) is 4.58. The van der Waals surface area contributed by atoms with Crippen LogP contribution in [0.25, 0.3) is 11.1 Å². The standard InChI is InChI=1S/C20H21NO4.S4/c1-12(2)18(19(22)23)21-20(24)25-11-17-15-9-5-3-7-13(15)14-8-4-6-10-16(14)17;1-3-4-2/h3-10,12,17-18H,11H2,1-2H3,(H,21,24)(H,22,23);/t18-;/m0./s1. The molecule has 0 bridgehead atoms. The molecule has 2 N–H and O–H groups in total. The number of benzene rings is 2. The molecule has 29 heavy (non-hydrogen) atoms. The number of carbonyl (C=O) groups excluding carboxylic acids is 1. The number of ether oxygens (including phenoxy) is 1. The lowest BCUT2D eigenvalue weighted by Crippen LogP contribution is -2.44. The summed E-state index contributed by atoms with van der Waals surface area (Å²) >= 11 is 8.66. The van der Waals surface area contributed by atoms with Gasteiger partial charge in [0.15, 0.2) is 0 Å². The highest BCUT2D eigenvalue weighted by atomic mass is 33.2. The van der Waals surface area contributed by atoms with Crippen LogP contribution in [0.15, 0.2) is 48.5 Å².